The topological polar surface area (TPSA) is 0 Å². The number of benzene rings is 3. The van der Waals surface area contributed by atoms with Crippen LogP contribution in [-0.4, -0.2) is 0 Å². The quantitative estimate of drug-likeness (QED) is 0.297. The molecule has 0 aliphatic carbocycles. The minimum atomic E-state index is -0.301. The van der Waals surface area contributed by atoms with E-state index in [0.29, 0.717) is 20.2 Å². The van der Waals surface area contributed by atoms with E-state index in [2.05, 4.69) is 0 Å². The van der Waals surface area contributed by atoms with Gasteiger partial charge in [0, 0.05) is 30.9 Å². The molecule has 0 amide bonds. The summed E-state index contributed by atoms with van der Waals surface area (Å²) in [5, 5.41) is 2.41. The summed E-state index contributed by atoms with van der Waals surface area (Å²) in [6.45, 7) is 0. The van der Waals surface area contributed by atoms with Gasteiger partial charge < -0.3 is 0 Å². The lowest BCUT2D eigenvalue weighted by Gasteiger charge is -2.00. The molecule has 0 N–H and O–H groups in total. The number of rotatable bonds is 0. The Morgan fingerprint density at radius 3 is 1.45 bits per heavy atom. The Labute approximate surface area is 132 Å². The van der Waals surface area contributed by atoms with Gasteiger partial charge >= 0.3 is 0 Å². The first kappa shape index (κ1) is 12.5. The Morgan fingerprint density at radius 1 is 0.591 bits per heavy atom. The predicted molar refractivity (Wildman–Crippen MR) is 92.1 cm³/mol. The average molecular weight is 326 g/mol. The zero-order valence-electron chi connectivity index (χ0n) is 11.2. The molecule has 0 radical (unpaired) electrons. The highest BCUT2D eigenvalue weighted by Crippen LogP contribution is 2.45. The van der Waals surface area contributed by atoms with Gasteiger partial charge in [0.05, 0.1) is 9.40 Å². The average Bonchev–Trinajstić information content (AvgIpc) is 3.12. The van der Waals surface area contributed by atoms with E-state index in [1.807, 2.05) is 48.5 Å². The summed E-state index contributed by atoms with van der Waals surface area (Å²) in [5.74, 6) is -0.602. The lowest BCUT2D eigenvalue weighted by Crippen LogP contribution is -1.83. The molecule has 2 heterocycles. The van der Waals surface area contributed by atoms with Crippen LogP contribution in [-0.2, 0) is 0 Å². The molecule has 0 bridgehead atoms. The van der Waals surface area contributed by atoms with Gasteiger partial charge in [-0.05, 0) is 12.1 Å². The van der Waals surface area contributed by atoms with Gasteiger partial charge in [0.25, 0.3) is 0 Å². The third-order valence-corrected chi connectivity index (χ3v) is 6.36. The Bertz CT molecular complexity index is 1100. The van der Waals surface area contributed by atoms with E-state index in [-0.39, 0.29) is 11.6 Å². The predicted octanol–water partition coefficient (Wildman–Crippen LogP) is 6.70. The van der Waals surface area contributed by atoms with Crippen molar-refractivity contribution in [2.75, 3.05) is 0 Å². The van der Waals surface area contributed by atoms with E-state index in [4.69, 9.17) is 0 Å². The fourth-order valence-electron chi connectivity index (χ4n) is 3.06. The summed E-state index contributed by atoms with van der Waals surface area (Å²) in [5.41, 5.74) is 0. The van der Waals surface area contributed by atoms with Gasteiger partial charge in [0.1, 0.15) is 0 Å². The van der Waals surface area contributed by atoms with Crippen LogP contribution in [0.25, 0.3) is 40.3 Å². The second-order valence-corrected chi connectivity index (χ2v) is 7.34. The molecule has 5 rings (SSSR count). The summed E-state index contributed by atoms with van der Waals surface area (Å²) >= 11 is 2.64. The first-order valence-electron chi connectivity index (χ1n) is 6.85. The standard InChI is InChI=1S/C18H8F2S2/c19-15-13-9-5-1-3-7-11(9)21-17(13)16(20)14-10-6-2-4-8-12(10)22-18(14)15/h1-8H. The van der Waals surface area contributed by atoms with Crippen LogP contribution in [0.3, 0.4) is 0 Å². The minimum absolute atomic E-state index is 0.301. The van der Waals surface area contributed by atoms with Gasteiger partial charge in [-0.1, -0.05) is 36.4 Å². The van der Waals surface area contributed by atoms with Gasteiger partial charge in [0.2, 0.25) is 0 Å². The van der Waals surface area contributed by atoms with Crippen molar-refractivity contribution in [3.63, 3.8) is 0 Å². The molecule has 0 nitrogen and oxygen atoms in total. The van der Waals surface area contributed by atoms with Crippen LogP contribution in [0.5, 0.6) is 0 Å². The fourth-order valence-corrected chi connectivity index (χ4v) is 5.34. The normalized spacial score (nSPS) is 12.1. The van der Waals surface area contributed by atoms with Gasteiger partial charge in [-0.3, -0.25) is 0 Å². The van der Waals surface area contributed by atoms with Crippen molar-refractivity contribution in [2.24, 2.45) is 0 Å². The van der Waals surface area contributed by atoms with E-state index < -0.39 is 0 Å². The smallest absolute Gasteiger partial charge is 0.150 e. The molecule has 0 spiro atoms. The second-order valence-electron chi connectivity index (χ2n) is 5.23. The molecule has 0 saturated heterocycles. The van der Waals surface area contributed by atoms with Crippen molar-refractivity contribution in [3.8, 4) is 0 Å². The van der Waals surface area contributed by atoms with Crippen LogP contribution in [0.15, 0.2) is 48.5 Å². The summed E-state index contributed by atoms with van der Waals surface area (Å²) in [7, 11) is 0. The summed E-state index contributed by atoms with van der Waals surface area (Å²) in [4.78, 5) is 0. The molecule has 0 aliphatic heterocycles. The summed E-state index contributed by atoms with van der Waals surface area (Å²) in [6, 6.07) is 15.0. The summed E-state index contributed by atoms with van der Waals surface area (Å²) in [6.07, 6.45) is 0. The molecule has 22 heavy (non-hydrogen) atoms. The molecule has 5 aromatic rings. The monoisotopic (exact) mass is 326 g/mol. The van der Waals surface area contributed by atoms with Crippen molar-refractivity contribution in [2.45, 2.75) is 0 Å². The highest BCUT2D eigenvalue weighted by molar-refractivity contribution is 7.27. The van der Waals surface area contributed by atoms with Gasteiger partial charge in [0.15, 0.2) is 11.6 Å². The molecule has 2 aromatic heterocycles. The van der Waals surface area contributed by atoms with Crippen LogP contribution in [0, 0.1) is 11.6 Å². The van der Waals surface area contributed by atoms with Crippen molar-refractivity contribution in [1.82, 2.24) is 0 Å². The van der Waals surface area contributed by atoms with Crippen LogP contribution in [0.2, 0.25) is 0 Å². The molecular formula is C18H8F2S2. The Kier molecular flexibility index (Phi) is 2.41. The van der Waals surface area contributed by atoms with Crippen LogP contribution in [0.4, 0.5) is 8.78 Å². The zero-order valence-corrected chi connectivity index (χ0v) is 12.8. The van der Waals surface area contributed by atoms with E-state index in [1.54, 1.807) is 0 Å². The molecule has 4 heteroatoms. The van der Waals surface area contributed by atoms with Crippen molar-refractivity contribution in [1.29, 1.82) is 0 Å². The maximum Gasteiger partial charge on any atom is 0.150 e. The van der Waals surface area contributed by atoms with Gasteiger partial charge in [-0.15, -0.1) is 22.7 Å². The number of hydrogen-bond acceptors (Lipinski definition) is 2. The molecule has 0 fully saturated rings. The molecule has 106 valence electrons. The number of thiophene rings is 2. The van der Waals surface area contributed by atoms with Gasteiger partial charge in [-0.25, -0.2) is 8.78 Å². The van der Waals surface area contributed by atoms with Crippen LogP contribution in [0.1, 0.15) is 0 Å². The molecule has 0 atom stereocenters. The van der Waals surface area contributed by atoms with E-state index in [0.717, 1.165) is 20.2 Å². The van der Waals surface area contributed by atoms with Crippen LogP contribution >= 0.6 is 22.7 Å². The summed E-state index contributed by atoms with van der Waals surface area (Å²) < 4.78 is 32.8. The van der Waals surface area contributed by atoms with E-state index in [1.165, 1.54) is 22.7 Å². The second kappa shape index (κ2) is 4.24. The maximum atomic E-state index is 15.1. The zero-order chi connectivity index (χ0) is 14.8. The minimum Gasteiger partial charge on any atom is -0.205 e. The van der Waals surface area contributed by atoms with Gasteiger partial charge in [-0.2, -0.15) is 0 Å². The fraction of sp³-hybridized carbons (Fsp3) is 0. The SMILES string of the molecule is Fc1c2sc3ccccc3c2c(F)c2sc3ccccc3c12. The Morgan fingerprint density at radius 2 is 1.00 bits per heavy atom. The first-order valence-corrected chi connectivity index (χ1v) is 8.48. The molecule has 0 aliphatic rings. The van der Waals surface area contributed by atoms with Crippen molar-refractivity contribution in [3.05, 3.63) is 60.2 Å². The lowest BCUT2D eigenvalue weighted by molar-refractivity contribution is 0.639. The maximum absolute atomic E-state index is 15.1. The highest BCUT2D eigenvalue weighted by atomic mass is 32.1. The highest BCUT2D eigenvalue weighted by Gasteiger charge is 2.21. The largest absolute Gasteiger partial charge is 0.205 e. The molecular weight excluding hydrogens is 318 g/mol. The molecule has 3 aromatic carbocycles. The Hall–Kier alpha value is -2.04. The molecule has 0 unspecified atom stereocenters. The number of hydrogen-bond donors (Lipinski definition) is 0. The Balaban J connectivity index is 2.15. The third kappa shape index (κ3) is 1.44. The number of halogens is 2. The first-order chi connectivity index (χ1) is 10.8. The van der Waals surface area contributed by atoms with E-state index in [9.17, 15) is 0 Å². The van der Waals surface area contributed by atoms with Crippen LogP contribution < -0.4 is 0 Å². The van der Waals surface area contributed by atoms with E-state index >= 15 is 8.78 Å². The van der Waals surface area contributed by atoms with Crippen molar-refractivity contribution < 1.29 is 8.78 Å². The lowest BCUT2D eigenvalue weighted by atomic mass is 10.1. The third-order valence-electron chi connectivity index (χ3n) is 4.03. The number of fused-ring (bicyclic) bond motifs is 6. The van der Waals surface area contributed by atoms with Crippen molar-refractivity contribution >= 4 is 63.0 Å². The molecule has 0 saturated carbocycles.